The van der Waals surface area contributed by atoms with Crippen LogP contribution in [-0.4, -0.2) is 121 Å². The Morgan fingerprint density at radius 1 is 0.773 bits per heavy atom. The van der Waals surface area contributed by atoms with Gasteiger partial charge in [-0.1, -0.05) is 0 Å². The van der Waals surface area contributed by atoms with E-state index < -0.39 is 96.4 Å². The number of methoxy groups -OCH3 is 1. The van der Waals surface area contributed by atoms with Crippen LogP contribution in [0, 0.1) is 0 Å². The van der Waals surface area contributed by atoms with Crippen molar-refractivity contribution in [1.82, 2.24) is 0 Å². The lowest BCUT2D eigenvalue weighted by atomic mass is 9.98. The topological polar surface area (TPSA) is 258 Å². The Hall–Kier alpha value is -3.71. The minimum absolute atomic E-state index is 0.0145. The average molecular weight is 625 g/mol. The Labute approximate surface area is 248 Å². The van der Waals surface area contributed by atoms with E-state index in [1.807, 2.05) is 0 Å². The molecule has 5 rings (SSSR count). The average Bonchev–Trinajstić information content (AvgIpc) is 3.00. The molecule has 3 heterocycles. The highest BCUT2D eigenvalue weighted by molar-refractivity contribution is 5.88. The zero-order valence-electron chi connectivity index (χ0n) is 23.3. The van der Waals surface area contributed by atoms with Gasteiger partial charge in [-0.15, -0.1) is 0 Å². The zero-order valence-corrected chi connectivity index (χ0v) is 23.3. The first-order valence-electron chi connectivity index (χ1n) is 13.4. The van der Waals surface area contributed by atoms with Crippen LogP contribution in [0.25, 0.3) is 22.3 Å². The van der Waals surface area contributed by atoms with Crippen LogP contribution < -0.4 is 14.9 Å². The van der Waals surface area contributed by atoms with Crippen molar-refractivity contribution in [2.75, 3.05) is 13.7 Å². The van der Waals surface area contributed by atoms with Gasteiger partial charge in [0.05, 0.1) is 19.8 Å². The monoisotopic (exact) mass is 624 g/mol. The first-order chi connectivity index (χ1) is 20.8. The van der Waals surface area contributed by atoms with Crippen LogP contribution in [0.5, 0.6) is 28.7 Å². The third kappa shape index (κ3) is 5.74. The van der Waals surface area contributed by atoms with Crippen molar-refractivity contribution in [3.05, 3.63) is 40.6 Å². The van der Waals surface area contributed by atoms with Gasteiger partial charge in [0.1, 0.15) is 65.2 Å². The Balaban J connectivity index is 1.49. The van der Waals surface area contributed by atoms with Crippen LogP contribution in [-0.2, 0) is 14.2 Å². The molecule has 0 amide bonds. The molecule has 2 aliphatic heterocycles. The summed E-state index contributed by atoms with van der Waals surface area (Å²) in [6, 6.07) is 5.90. The molecule has 1 aromatic heterocycles. The van der Waals surface area contributed by atoms with Crippen LogP contribution in [0.15, 0.2) is 39.5 Å². The van der Waals surface area contributed by atoms with Gasteiger partial charge in [-0.25, -0.2) is 0 Å². The Kier molecular flexibility index (Phi) is 8.90. The fraction of sp³-hybridized carbons (Fsp3) is 0.464. The SMILES string of the molecule is COc1cc(O)c2c(=O)c(O[C@@H]3O[C@H](CO[C@H]4O[C@@H](C)[C@H](O)[C@@H](O)[C@H]4O)[C@@H](O)[C@H](O)[C@H]3O)c(-c3ccc(O)c(O)c3)oc2c1. The van der Waals surface area contributed by atoms with Gasteiger partial charge in [-0.2, -0.15) is 0 Å². The van der Waals surface area contributed by atoms with E-state index in [0.717, 1.165) is 18.2 Å². The van der Waals surface area contributed by atoms with Gasteiger partial charge in [0.2, 0.25) is 17.5 Å². The van der Waals surface area contributed by atoms with Gasteiger partial charge in [-0.3, -0.25) is 4.79 Å². The summed E-state index contributed by atoms with van der Waals surface area (Å²) in [5.74, 6) is -2.44. The molecular weight excluding hydrogens is 592 g/mol. The second-order valence-electron chi connectivity index (χ2n) is 10.5. The summed E-state index contributed by atoms with van der Waals surface area (Å²) in [4.78, 5) is 13.7. The lowest BCUT2D eigenvalue weighted by Crippen LogP contribution is -2.61. The van der Waals surface area contributed by atoms with Crippen molar-refractivity contribution in [2.24, 2.45) is 0 Å². The predicted molar refractivity (Wildman–Crippen MR) is 145 cm³/mol. The standard InChI is InChI=1S/C28H32O16/c1-9-18(32)21(35)23(37)27(41-9)40-8-16-19(33)22(36)24(38)28(43-16)44-26-20(34)17-14(31)6-11(39-2)7-15(17)42-25(26)10-3-4-12(29)13(30)5-10/h3-7,9,16,18-19,21-24,27-33,35-38H,8H2,1-2H3/t9-,16+,18-,19+,21+,22-,23+,24+,27-,28-/m0/s1. The van der Waals surface area contributed by atoms with Crippen LogP contribution in [0.2, 0.25) is 0 Å². The first-order valence-corrected chi connectivity index (χ1v) is 13.4. The van der Waals surface area contributed by atoms with Gasteiger partial charge < -0.3 is 74.1 Å². The van der Waals surface area contributed by atoms with Crippen LogP contribution in [0.4, 0.5) is 0 Å². The van der Waals surface area contributed by atoms with Crippen molar-refractivity contribution in [3.8, 4) is 40.1 Å². The molecule has 9 N–H and O–H groups in total. The molecule has 2 fully saturated rings. The molecule has 10 atom stereocenters. The van der Waals surface area contributed by atoms with E-state index in [1.54, 1.807) is 0 Å². The van der Waals surface area contributed by atoms with Crippen LogP contribution in [0.3, 0.4) is 0 Å². The largest absolute Gasteiger partial charge is 0.507 e. The number of fused-ring (bicyclic) bond motifs is 1. The molecular formula is C28H32O16. The molecule has 2 aromatic carbocycles. The number of phenols is 3. The molecule has 2 saturated heterocycles. The second-order valence-corrected chi connectivity index (χ2v) is 10.5. The van der Waals surface area contributed by atoms with Crippen molar-refractivity contribution in [3.63, 3.8) is 0 Å². The number of hydrogen-bond acceptors (Lipinski definition) is 16. The minimum Gasteiger partial charge on any atom is -0.507 e. The number of ether oxygens (including phenoxy) is 5. The predicted octanol–water partition coefficient (Wildman–Crippen LogP) is -1.38. The van der Waals surface area contributed by atoms with E-state index in [-0.39, 0.29) is 28.0 Å². The van der Waals surface area contributed by atoms with Crippen molar-refractivity contribution < 1.29 is 74.1 Å². The van der Waals surface area contributed by atoms with Gasteiger partial charge in [-0.05, 0) is 25.1 Å². The molecule has 16 heteroatoms. The van der Waals surface area contributed by atoms with Crippen molar-refractivity contribution in [2.45, 2.75) is 68.3 Å². The van der Waals surface area contributed by atoms with E-state index in [4.69, 9.17) is 28.1 Å². The molecule has 0 radical (unpaired) electrons. The van der Waals surface area contributed by atoms with Gasteiger partial charge in [0.25, 0.3) is 0 Å². The quantitative estimate of drug-likeness (QED) is 0.137. The molecule has 0 unspecified atom stereocenters. The van der Waals surface area contributed by atoms with Gasteiger partial charge >= 0.3 is 0 Å². The zero-order chi connectivity index (χ0) is 32.0. The first kappa shape index (κ1) is 31.7. The van der Waals surface area contributed by atoms with Gasteiger partial charge in [0.15, 0.2) is 23.5 Å². The third-order valence-electron chi connectivity index (χ3n) is 7.52. The maximum atomic E-state index is 13.7. The summed E-state index contributed by atoms with van der Waals surface area (Å²) < 4.78 is 33.2. The normalized spacial score (nSPS) is 32.5. The number of aromatic hydroxyl groups is 3. The lowest BCUT2D eigenvalue weighted by molar-refractivity contribution is -0.318. The molecule has 0 spiro atoms. The second kappa shape index (κ2) is 12.4. The highest BCUT2D eigenvalue weighted by Gasteiger charge is 2.47. The third-order valence-corrected chi connectivity index (χ3v) is 7.52. The molecule has 16 nitrogen and oxygen atoms in total. The molecule has 2 aliphatic rings. The number of benzene rings is 2. The van der Waals surface area contributed by atoms with Crippen LogP contribution >= 0.6 is 0 Å². The molecule has 0 aliphatic carbocycles. The number of hydrogen-bond donors (Lipinski definition) is 9. The molecule has 44 heavy (non-hydrogen) atoms. The lowest BCUT2D eigenvalue weighted by Gasteiger charge is -2.42. The number of aliphatic hydroxyl groups is 6. The molecule has 0 bridgehead atoms. The summed E-state index contributed by atoms with van der Waals surface area (Å²) in [6.07, 6.45) is -16.0. The summed E-state index contributed by atoms with van der Waals surface area (Å²) in [6.45, 7) is 0.841. The Bertz CT molecular complexity index is 1560. The van der Waals surface area contributed by atoms with Gasteiger partial charge in [0, 0.05) is 17.7 Å². The summed E-state index contributed by atoms with van der Waals surface area (Å²) in [5, 5.41) is 92.1. The smallest absolute Gasteiger partial charge is 0.239 e. The van der Waals surface area contributed by atoms with E-state index in [0.29, 0.717) is 0 Å². The number of rotatable bonds is 7. The number of phenolic OH excluding ortho intramolecular Hbond substituents is 3. The summed E-state index contributed by atoms with van der Waals surface area (Å²) in [5.41, 5.74) is -1.10. The number of aliphatic hydroxyl groups excluding tert-OH is 6. The fourth-order valence-electron chi connectivity index (χ4n) is 4.95. The maximum Gasteiger partial charge on any atom is 0.239 e. The summed E-state index contributed by atoms with van der Waals surface area (Å²) >= 11 is 0. The molecule has 3 aromatic rings. The highest BCUT2D eigenvalue weighted by Crippen LogP contribution is 2.39. The Morgan fingerprint density at radius 2 is 1.45 bits per heavy atom. The summed E-state index contributed by atoms with van der Waals surface area (Å²) in [7, 11) is 1.32. The molecule has 0 saturated carbocycles. The minimum atomic E-state index is -1.95. The van der Waals surface area contributed by atoms with E-state index in [2.05, 4.69) is 0 Å². The van der Waals surface area contributed by atoms with E-state index in [9.17, 15) is 50.8 Å². The van der Waals surface area contributed by atoms with Crippen LogP contribution in [0.1, 0.15) is 6.92 Å². The maximum absolute atomic E-state index is 13.7. The fourth-order valence-corrected chi connectivity index (χ4v) is 4.95. The van der Waals surface area contributed by atoms with E-state index in [1.165, 1.54) is 26.2 Å². The van der Waals surface area contributed by atoms with Crippen molar-refractivity contribution >= 4 is 11.0 Å². The Morgan fingerprint density at radius 3 is 2.14 bits per heavy atom. The highest BCUT2D eigenvalue weighted by atomic mass is 16.7. The van der Waals surface area contributed by atoms with Crippen molar-refractivity contribution in [1.29, 1.82) is 0 Å². The van der Waals surface area contributed by atoms with E-state index >= 15 is 0 Å². The molecule has 240 valence electrons.